The lowest BCUT2D eigenvalue weighted by Gasteiger charge is -2.22. The molecule has 138 valence electrons. The summed E-state index contributed by atoms with van der Waals surface area (Å²) >= 11 is 0. The maximum Gasteiger partial charge on any atom is 0.157 e. The monoisotopic (exact) mass is 334 g/mol. The van der Waals surface area contributed by atoms with E-state index in [1.807, 2.05) is 6.08 Å². The predicted octanol–water partition coefficient (Wildman–Crippen LogP) is 6.40. The smallest absolute Gasteiger partial charge is 0.157 e. The second-order valence-corrected chi connectivity index (χ2v) is 6.76. The van der Waals surface area contributed by atoms with Gasteiger partial charge in [0.2, 0.25) is 0 Å². The van der Waals surface area contributed by atoms with E-state index in [-0.39, 0.29) is 6.29 Å². The summed E-state index contributed by atoms with van der Waals surface area (Å²) in [6.07, 6.45) is 21.7. The number of unbranched alkanes of at least 4 members (excludes halogenated alkanes) is 9. The summed E-state index contributed by atoms with van der Waals surface area (Å²) in [5, 5.41) is 0. The first-order valence-corrected chi connectivity index (χ1v) is 10.3. The fourth-order valence-electron chi connectivity index (χ4n) is 2.87. The van der Waals surface area contributed by atoms with E-state index in [9.17, 15) is 0 Å². The SMILES string of the molecule is CCCCCCCCC#C/C=C/CCCCCOC1CCCCO1. The third-order valence-electron chi connectivity index (χ3n) is 4.42. The van der Waals surface area contributed by atoms with Crippen molar-refractivity contribution in [2.24, 2.45) is 0 Å². The lowest BCUT2D eigenvalue weighted by molar-refractivity contribution is -0.162. The molecule has 1 fully saturated rings. The molecule has 1 rings (SSSR count). The molecule has 0 N–H and O–H groups in total. The van der Waals surface area contributed by atoms with Crippen LogP contribution in [0.4, 0.5) is 0 Å². The van der Waals surface area contributed by atoms with Gasteiger partial charge in [-0.1, -0.05) is 63.4 Å². The highest BCUT2D eigenvalue weighted by atomic mass is 16.7. The van der Waals surface area contributed by atoms with Gasteiger partial charge < -0.3 is 9.47 Å². The molecule has 1 aliphatic heterocycles. The van der Waals surface area contributed by atoms with E-state index >= 15 is 0 Å². The molecular formula is C22H38O2. The fourth-order valence-corrected chi connectivity index (χ4v) is 2.87. The van der Waals surface area contributed by atoms with Crippen LogP contribution in [0.2, 0.25) is 0 Å². The second kappa shape index (κ2) is 17.1. The van der Waals surface area contributed by atoms with Gasteiger partial charge in [-0.25, -0.2) is 0 Å². The van der Waals surface area contributed by atoms with Crippen LogP contribution in [0.1, 0.15) is 96.8 Å². The van der Waals surface area contributed by atoms with Gasteiger partial charge in [-0.2, -0.15) is 0 Å². The molecule has 0 aliphatic carbocycles. The van der Waals surface area contributed by atoms with E-state index in [2.05, 4.69) is 24.8 Å². The minimum absolute atomic E-state index is 0.0700. The molecule has 1 atom stereocenters. The first-order valence-electron chi connectivity index (χ1n) is 10.3. The number of allylic oxidation sites excluding steroid dienone is 2. The van der Waals surface area contributed by atoms with Crippen LogP contribution >= 0.6 is 0 Å². The van der Waals surface area contributed by atoms with Crippen molar-refractivity contribution in [3.05, 3.63) is 12.2 Å². The zero-order valence-corrected chi connectivity index (χ0v) is 15.9. The summed E-state index contributed by atoms with van der Waals surface area (Å²) in [6.45, 7) is 3.97. The molecule has 2 heteroatoms. The Balaban J connectivity index is 1.80. The molecule has 0 aromatic carbocycles. The fraction of sp³-hybridized carbons (Fsp3) is 0.818. The van der Waals surface area contributed by atoms with E-state index in [0.29, 0.717) is 0 Å². The minimum atomic E-state index is 0.0700. The summed E-state index contributed by atoms with van der Waals surface area (Å²) in [5.74, 6) is 6.41. The summed E-state index contributed by atoms with van der Waals surface area (Å²) < 4.78 is 11.3. The Hall–Kier alpha value is -0.780. The van der Waals surface area contributed by atoms with Crippen molar-refractivity contribution in [1.29, 1.82) is 0 Å². The van der Waals surface area contributed by atoms with Gasteiger partial charge in [0, 0.05) is 19.6 Å². The second-order valence-electron chi connectivity index (χ2n) is 6.76. The highest BCUT2D eigenvalue weighted by Crippen LogP contribution is 2.14. The molecule has 0 amide bonds. The van der Waals surface area contributed by atoms with Crippen molar-refractivity contribution < 1.29 is 9.47 Å². The van der Waals surface area contributed by atoms with Crippen molar-refractivity contribution in [2.45, 2.75) is 103 Å². The molecule has 1 saturated heterocycles. The third kappa shape index (κ3) is 13.6. The zero-order valence-electron chi connectivity index (χ0n) is 15.9. The van der Waals surface area contributed by atoms with Crippen LogP contribution in [-0.2, 0) is 9.47 Å². The summed E-state index contributed by atoms with van der Waals surface area (Å²) in [6, 6.07) is 0. The number of rotatable bonds is 13. The molecule has 1 heterocycles. The summed E-state index contributed by atoms with van der Waals surface area (Å²) in [7, 11) is 0. The standard InChI is InChI=1S/C22H38O2/c1-2-3-4-5-6-7-8-9-10-11-12-13-14-15-17-20-23-22-19-16-18-21-24-22/h11-12,22H,2-8,13-21H2,1H3/b12-11+. The molecule has 2 nitrogen and oxygen atoms in total. The quantitative estimate of drug-likeness (QED) is 0.286. The Morgan fingerprint density at radius 2 is 1.83 bits per heavy atom. The van der Waals surface area contributed by atoms with Gasteiger partial charge in [-0.05, 0) is 51.0 Å². The highest BCUT2D eigenvalue weighted by Gasteiger charge is 2.12. The van der Waals surface area contributed by atoms with Crippen molar-refractivity contribution >= 4 is 0 Å². The number of ether oxygens (including phenoxy) is 2. The Bertz CT molecular complexity index is 345. The zero-order chi connectivity index (χ0) is 17.1. The average Bonchev–Trinajstić information content (AvgIpc) is 2.62. The Morgan fingerprint density at radius 3 is 2.67 bits per heavy atom. The lowest BCUT2D eigenvalue weighted by atomic mass is 10.1. The minimum Gasteiger partial charge on any atom is -0.353 e. The molecule has 1 aliphatic rings. The van der Waals surface area contributed by atoms with Crippen molar-refractivity contribution in [3.63, 3.8) is 0 Å². The summed E-state index contributed by atoms with van der Waals surface area (Å²) in [4.78, 5) is 0. The van der Waals surface area contributed by atoms with Crippen LogP contribution in [0, 0.1) is 11.8 Å². The lowest BCUT2D eigenvalue weighted by Crippen LogP contribution is -2.22. The van der Waals surface area contributed by atoms with Gasteiger partial charge >= 0.3 is 0 Å². The molecule has 0 spiro atoms. The maximum atomic E-state index is 5.73. The first kappa shape index (κ1) is 21.3. The van der Waals surface area contributed by atoms with Crippen LogP contribution in [0.3, 0.4) is 0 Å². The van der Waals surface area contributed by atoms with Crippen LogP contribution < -0.4 is 0 Å². The topological polar surface area (TPSA) is 18.5 Å². The number of hydrogen-bond acceptors (Lipinski definition) is 2. The Kier molecular flexibility index (Phi) is 15.1. The van der Waals surface area contributed by atoms with Gasteiger partial charge in [0.15, 0.2) is 6.29 Å². The van der Waals surface area contributed by atoms with Gasteiger partial charge in [0.25, 0.3) is 0 Å². The van der Waals surface area contributed by atoms with Crippen LogP contribution in [0.5, 0.6) is 0 Å². The Labute approximate surface area is 150 Å². The van der Waals surface area contributed by atoms with Gasteiger partial charge in [0.1, 0.15) is 0 Å². The summed E-state index contributed by atoms with van der Waals surface area (Å²) in [5.41, 5.74) is 0. The van der Waals surface area contributed by atoms with E-state index in [0.717, 1.165) is 38.9 Å². The Morgan fingerprint density at radius 1 is 1.00 bits per heavy atom. The van der Waals surface area contributed by atoms with Gasteiger partial charge in [-0.3, -0.25) is 0 Å². The van der Waals surface area contributed by atoms with Crippen molar-refractivity contribution in [2.75, 3.05) is 13.2 Å². The molecular weight excluding hydrogens is 296 g/mol. The third-order valence-corrected chi connectivity index (χ3v) is 4.42. The molecule has 1 unspecified atom stereocenters. The predicted molar refractivity (Wildman–Crippen MR) is 103 cm³/mol. The van der Waals surface area contributed by atoms with Crippen molar-refractivity contribution in [1.82, 2.24) is 0 Å². The average molecular weight is 335 g/mol. The van der Waals surface area contributed by atoms with E-state index in [1.165, 1.54) is 64.2 Å². The van der Waals surface area contributed by atoms with Crippen LogP contribution in [0.15, 0.2) is 12.2 Å². The first-order chi connectivity index (χ1) is 11.9. The number of hydrogen-bond donors (Lipinski definition) is 0. The molecule has 0 saturated carbocycles. The molecule has 0 radical (unpaired) electrons. The van der Waals surface area contributed by atoms with E-state index in [4.69, 9.17) is 9.47 Å². The molecule has 24 heavy (non-hydrogen) atoms. The van der Waals surface area contributed by atoms with Gasteiger partial charge in [-0.15, -0.1) is 0 Å². The van der Waals surface area contributed by atoms with Crippen LogP contribution in [-0.4, -0.2) is 19.5 Å². The molecule has 0 bridgehead atoms. The van der Waals surface area contributed by atoms with E-state index < -0.39 is 0 Å². The van der Waals surface area contributed by atoms with Gasteiger partial charge in [0.05, 0.1) is 0 Å². The van der Waals surface area contributed by atoms with Crippen molar-refractivity contribution in [3.8, 4) is 11.8 Å². The van der Waals surface area contributed by atoms with Crippen LogP contribution in [0.25, 0.3) is 0 Å². The maximum absolute atomic E-state index is 5.73. The largest absolute Gasteiger partial charge is 0.353 e. The normalized spacial score (nSPS) is 17.8. The molecule has 0 aromatic heterocycles. The highest BCUT2D eigenvalue weighted by molar-refractivity contribution is 5.14. The molecule has 0 aromatic rings. The van der Waals surface area contributed by atoms with E-state index in [1.54, 1.807) is 0 Å².